The fraction of sp³-hybridized carbons (Fsp3) is 0.360. The molecule has 9 nitrogen and oxygen atoms in total. The van der Waals surface area contributed by atoms with Gasteiger partial charge in [0, 0.05) is 30.9 Å². The lowest BCUT2D eigenvalue weighted by molar-refractivity contribution is -0.137. The summed E-state index contributed by atoms with van der Waals surface area (Å²) < 4.78 is 20.9. The summed E-state index contributed by atoms with van der Waals surface area (Å²) >= 11 is 0. The number of primary amides is 1. The number of ether oxygens (including phenoxy) is 1. The SMILES string of the molecule is COc1ccc([C@H](CC(=O)O)c2nn(CCCc3ccc4c(n3)NCCC4)cc2C(N)=O)cc1F. The highest BCUT2D eigenvalue weighted by Gasteiger charge is 2.27. The summed E-state index contributed by atoms with van der Waals surface area (Å²) in [6, 6.07) is 8.31. The van der Waals surface area contributed by atoms with Crippen molar-refractivity contribution in [3.8, 4) is 5.75 Å². The van der Waals surface area contributed by atoms with Gasteiger partial charge < -0.3 is 20.9 Å². The molecule has 0 bridgehead atoms. The lowest BCUT2D eigenvalue weighted by atomic mass is 9.90. The molecule has 0 fully saturated rings. The van der Waals surface area contributed by atoms with Crippen LogP contribution in [0.25, 0.3) is 0 Å². The molecule has 2 aromatic heterocycles. The van der Waals surface area contributed by atoms with E-state index >= 15 is 0 Å². The summed E-state index contributed by atoms with van der Waals surface area (Å²) in [4.78, 5) is 28.5. The highest BCUT2D eigenvalue weighted by Crippen LogP contribution is 2.32. The van der Waals surface area contributed by atoms with Gasteiger partial charge >= 0.3 is 5.97 Å². The fourth-order valence-electron chi connectivity index (χ4n) is 4.37. The van der Waals surface area contributed by atoms with E-state index in [2.05, 4.69) is 16.5 Å². The number of aliphatic carboxylic acids is 1. The summed E-state index contributed by atoms with van der Waals surface area (Å²) in [6.07, 6.45) is 4.68. The summed E-state index contributed by atoms with van der Waals surface area (Å²) in [5.74, 6) is -2.34. The van der Waals surface area contributed by atoms with E-state index in [4.69, 9.17) is 15.5 Å². The van der Waals surface area contributed by atoms with Gasteiger partial charge in [0.05, 0.1) is 24.8 Å². The molecule has 3 heterocycles. The third kappa shape index (κ3) is 5.59. The second kappa shape index (κ2) is 10.5. The number of carboxylic acid groups (broad SMARTS) is 1. The lowest BCUT2D eigenvalue weighted by Crippen LogP contribution is -2.17. The number of aromatic nitrogens is 3. The maximum atomic E-state index is 14.4. The van der Waals surface area contributed by atoms with E-state index < -0.39 is 23.6 Å². The van der Waals surface area contributed by atoms with Crippen LogP contribution in [0.15, 0.2) is 36.5 Å². The topological polar surface area (TPSA) is 132 Å². The molecule has 4 rings (SSSR count). The zero-order chi connectivity index (χ0) is 24.9. The first kappa shape index (κ1) is 24.2. The van der Waals surface area contributed by atoms with Crippen molar-refractivity contribution >= 4 is 17.7 Å². The second-order valence-electron chi connectivity index (χ2n) is 8.54. The van der Waals surface area contributed by atoms with Crippen LogP contribution < -0.4 is 15.8 Å². The van der Waals surface area contributed by atoms with Crippen molar-refractivity contribution in [3.63, 3.8) is 0 Å². The number of anilines is 1. The Morgan fingerprint density at radius 1 is 1.31 bits per heavy atom. The van der Waals surface area contributed by atoms with Gasteiger partial charge in [-0.25, -0.2) is 9.37 Å². The highest BCUT2D eigenvalue weighted by molar-refractivity contribution is 5.94. The van der Waals surface area contributed by atoms with E-state index in [0.717, 1.165) is 30.9 Å². The Bertz CT molecular complexity index is 1240. The van der Waals surface area contributed by atoms with Crippen LogP contribution >= 0.6 is 0 Å². The van der Waals surface area contributed by atoms with Crippen LogP contribution in [0, 0.1) is 5.82 Å². The molecular weight excluding hydrogens is 453 g/mol. The van der Waals surface area contributed by atoms with Gasteiger partial charge in [0.2, 0.25) is 0 Å². The van der Waals surface area contributed by atoms with Crippen molar-refractivity contribution in [1.29, 1.82) is 0 Å². The van der Waals surface area contributed by atoms with E-state index in [1.54, 1.807) is 10.7 Å². The Kier molecular flexibility index (Phi) is 7.28. The second-order valence-corrected chi connectivity index (χ2v) is 8.54. The molecule has 1 atom stereocenters. The largest absolute Gasteiger partial charge is 0.494 e. The number of rotatable bonds is 10. The number of pyridine rings is 1. The van der Waals surface area contributed by atoms with Crippen LogP contribution in [0.3, 0.4) is 0 Å². The zero-order valence-corrected chi connectivity index (χ0v) is 19.5. The van der Waals surface area contributed by atoms with Gasteiger partial charge in [0.15, 0.2) is 11.6 Å². The number of carbonyl (C=O) groups excluding carboxylic acids is 1. The maximum Gasteiger partial charge on any atom is 0.304 e. The van der Waals surface area contributed by atoms with Gasteiger partial charge in [-0.1, -0.05) is 12.1 Å². The third-order valence-corrected chi connectivity index (χ3v) is 6.11. The van der Waals surface area contributed by atoms with Gasteiger partial charge in [-0.15, -0.1) is 0 Å². The molecule has 3 aromatic rings. The smallest absolute Gasteiger partial charge is 0.304 e. The molecule has 0 spiro atoms. The number of fused-ring (bicyclic) bond motifs is 1. The van der Waals surface area contributed by atoms with Crippen LogP contribution in [0.1, 0.15) is 58.1 Å². The van der Waals surface area contributed by atoms with Crippen LogP contribution in [-0.2, 0) is 24.2 Å². The third-order valence-electron chi connectivity index (χ3n) is 6.11. The van der Waals surface area contributed by atoms with Gasteiger partial charge in [0.1, 0.15) is 5.82 Å². The van der Waals surface area contributed by atoms with E-state index in [9.17, 15) is 19.1 Å². The standard InChI is InChI=1S/C25H28FN5O4/c1-35-21-9-7-16(12-20(21)26)18(13-22(32)33)23-19(24(27)34)14-31(30-23)11-3-5-17-8-6-15-4-2-10-28-25(15)29-17/h6-9,12,14,18H,2-5,10-11,13H2,1H3,(H2,27,34)(H,28,29)(H,32,33)/t18-/m0/s1. The van der Waals surface area contributed by atoms with Crippen LogP contribution in [0.5, 0.6) is 5.75 Å². The summed E-state index contributed by atoms with van der Waals surface area (Å²) in [5, 5.41) is 17.3. The molecule has 0 unspecified atom stereocenters. The minimum atomic E-state index is -1.11. The maximum absolute atomic E-state index is 14.4. The Hall–Kier alpha value is -3.95. The van der Waals surface area contributed by atoms with E-state index in [0.29, 0.717) is 24.9 Å². The van der Waals surface area contributed by atoms with Crippen molar-refractivity contribution in [1.82, 2.24) is 14.8 Å². The summed E-state index contributed by atoms with van der Waals surface area (Å²) in [7, 11) is 1.34. The van der Waals surface area contributed by atoms with E-state index in [-0.39, 0.29) is 23.4 Å². The Balaban J connectivity index is 1.55. The van der Waals surface area contributed by atoms with Crippen molar-refractivity contribution in [2.24, 2.45) is 5.73 Å². The van der Waals surface area contributed by atoms with Crippen molar-refractivity contribution in [2.75, 3.05) is 19.0 Å². The van der Waals surface area contributed by atoms with Crippen molar-refractivity contribution in [2.45, 2.75) is 44.6 Å². The van der Waals surface area contributed by atoms with Crippen molar-refractivity contribution in [3.05, 3.63) is 70.4 Å². The number of halogens is 1. The number of methoxy groups -OCH3 is 1. The number of nitrogens with two attached hydrogens (primary N) is 1. The number of hydrogen-bond donors (Lipinski definition) is 3. The Morgan fingerprint density at radius 2 is 2.14 bits per heavy atom. The fourth-order valence-corrected chi connectivity index (χ4v) is 4.37. The first-order valence-electron chi connectivity index (χ1n) is 11.5. The number of nitrogens with zero attached hydrogens (tertiary/aromatic N) is 3. The average molecular weight is 482 g/mol. The van der Waals surface area contributed by atoms with Crippen molar-refractivity contribution < 1.29 is 23.8 Å². The number of hydrogen-bond acceptors (Lipinski definition) is 6. The number of nitrogens with one attached hydrogen (secondary N) is 1. The zero-order valence-electron chi connectivity index (χ0n) is 19.5. The molecular formula is C25H28FN5O4. The number of benzene rings is 1. The van der Waals surface area contributed by atoms with Gasteiger partial charge in [-0.3, -0.25) is 14.3 Å². The van der Waals surface area contributed by atoms with E-state index in [1.807, 2.05) is 6.07 Å². The Morgan fingerprint density at radius 3 is 2.86 bits per heavy atom. The minimum absolute atomic E-state index is 0.0365. The predicted molar refractivity (Wildman–Crippen MR) is 127 cm³/mol. The highest BCUT2D eigenvalue weighted by atomic mass is 19.1. The van der Waals surface area contributed by atoms with Gasteiger partial charge in [-0.05, 0) is 55.0 Å². The van der Waals surface area contributed by atoms with E-state index in [1.165, 1.54) is 31.0 Å². The average Bonchev–Trinajstić information content (AvgIpc) is 3.26. The molecule has 10 heteroatoms. The minimum Gasteiger partial charge on any atom is -0.494 e. The van der Waals surface area contributed by atoms with Crippen LogP contribution in [0.2, 0.25) is 0 Å². The molecule has 0 radical (unpaired) electrons. The molecule has 4 N–H and O–H groups in total. The molecule has 0 saturated heterocycles. The summed E-state index contributed by atoms with van der Waals surface area (Å²) in [5.41, 5.74) is 8.45. The molecule has 35 heavy (non-hydrogen) atoms. The number of aryl methyl sites for hydroxylation is 3. The monoisotopic (exact) mass is 481 g/mol. The predicted octanol–water partition coefficient (Wildman–Crippen LogP) is 3.12. The first-order chi connectivity index (χ1) is 16.9. The number of carboxylic acids is 1. The van der Waals surface area contributed by atoms with Gasteiger partial charge in [0.25, 0.3) is 5.91 Å². The lowest BCUT2D eigenvalue weighted by Gasteiger charge is -2.17. The molecule has 1 amide bonds. The molecule has 184 valence electrons. The molecule has 1 aliphatic heterocycles. The quantitative estimate of drug-likeness (QED) is 0.405. The normalized spacial score (nSPS) is 13.5. The first-order valence-corrected chi connectivity index (χ1v) is 11.5. The molecule has 1 aromatic carbocycles. The molecule has 0 saturated carbocycles. The summed E-state index contributed by atoms with van der Waals surface area (Å²) in [6.45, 7) is 1.40. The number of amides is 1. The molecule has 0 aliphatic carbocycles. The van der Waals surface area contributed by atoms with Crippen LogP contribution in [-0.4, -0.2) is 45.4 Å². The van der Waals surface area contributed by atoms with Crippen LogP contribution in [0.4, 0.5) is 10.2 Å². The number of carbonyl (C=O) groups is 2. The van der Waals surface area contributed by atoms with Gasteiger partial charge in [-0.2, -0.15) is 5.10 Å². The Labute approximate surface area is 202 Å². The molecule has 1 aliphatic rings.